The van der Waals surface area contributed by atoms with Crippen LogP contribution in [0.25, 0.3) is 0 Å². The monoisotopic (exact) mass is 305 g/mol. The van der Waals surface area contributed by atoms with Gasteiger partial charge in [0.25, 0.3) is 0 Å². The quantitative estimate of drug-likeness (QED) is 0.940. The minimum absolute atomic E-state index is 0.295. The minimum atomic E-state index is -0.669. The van der Waals surface area contributed by atoms with Gasteiger partial charge in [-0.2, -0.15) is 4.98 Å². The largest absolute Gasteiger partial charge is 0.387 e. The predicted molar refractivity (Wildman–Crippen MR) is 78.8 cm³/mol. The standard InChI is InChI=1S/C16H20FN3O2/c1-11-18-16(22-19-11)12-5-7-20(8-6-12)10-15(21)13-3-2-4-14(17)9-13/h2-4,9,12,15,21H,5-8,10H2,1H3. The SMILES string of the molecule is Cc1noc(C2CCN(CC(O)c3cccc(F)c3)CC2)n1. The van der Waals surface area contributed by atoms with Crippen LogP contribution in [0, 0.1) is 12.7 Å². The summed E-state index contributed by atoms with van der Waals surface area (Å²) in [6.07, 6.45) is 1.19. The number of hydrogen-bond acceptors (Lipinski definition) is 5. The molecule has 0 aliphatic carbocycles. The van der Waals surface area contributed by atoms with Gasteiger partial charge in [-0.1, -0.05) is 17.3 Å². The average molecular weight is 305 g/mol. The molecule has 1 unspecified atom stereocenters. The number of aliphatic hydroxyl groups is 1. The summed E-state index contributed by atoms with van der Waals surface area (Å²) in [4.78, 5) is 6.48. The second-order valence-corrected chi connectivity index (χ2v) is 5.83. The predicted octanol–water partition coefficient (Wildman–Crippen LogP) is 2.43. The van der Waals surface area contributed by atoms with Gasteiger partial charge < -0.3 is 14.5 Å². The van der Waals surface area contributed by atoms with E-state index >= 15 is 0 Å². The molecule has 1 atom stereocenters. The first-order valence-electron chi connectivity index (χ1n) is 7.58. The van der Waals surface area contributed by atoms with Crippen LogP contribution in [-0.4, -0.2) is 39.8 Å². The molecule has 0 spiro atoms. The van der Waals surface area contributed by atoms with E-state index in [9.17, 15) is 9.50 Å². The molecule has 1 saturated heterocycles. The van der Waals surface area contributed by atoms with Crippen molar-refractivity contribution in [1.29, 1.82) is 0 Å². The molecule has 22 heavy (non-hydrogen) atoms. The molecule has 5 nitrogen and oxygen atoms in total. The van der Waals surface area contributed by atoms with Crippen molar-refractivity contribution in [2.24, 2.45) is 0 Å². The van der Waals surface area contributed by atoms with Gasteiger partial charge in [0.1, 0.15) is 5.82 Å². The maximum absolute atomic E-state index is 13.2. The van der Waals surface area contributed by atoms with E-state index in [4.69, 9.17) is 4.52 Å². The Balaban J connectivity index is 1.53. The summed E-state index contributed by atoms with van der Waals surface area (Å²) in [5.41, 5.74) is 0.620. The summed E-state index contributed by atoms with van der Waals surface area (Å²) < 4.78 is 18.4. The molecule has 1 aliphatic heterocycles. The zero-order valence-corrected chi connectivity index (χ0v) is 12.6. The van der Waals surface area contributed by atoms with Gasteiger partial charge in [-0.25, -0.2) is 4.39 Å². The number of hydrogen-bond donors (Lipinski definition) is 1. The molecular formula is C16H20FN3O2. The maximum Gasteiger partial charge on any atom is 0.229 e. The van der Waals surface area contributed by atoms with Crippen LogP contribution in [-0.2, 0) is 0 Å². The average Bonchev–Trinajstić information content (AvgIpc) is 2.94. The van der Waals surface area contributed by atoms with Crippen molar-refractivity contribution in [2.45, 2.75) is 31.8 Å². The second kappa shape index (κ2) is 6.54. The molecular weight excluding hydrogens is 285 g/mol. The van der Waals surface area contributed by atoms with Gasteiger partial charge in [0.2, 0.25) is 5.89 Å². The molecule has 6 heteroatoms. The highest BCUT2D eigenvalue weighted by Crippen LogP contribution is 2.27. The van der Waals surface area contributed by atoms with Crippen LogP contribution >= 0.6 is 0 Å². The van der Waals surface area contributed by atoms with Crippen LogP contribution in [0.2, 0.25) is 0 Å². The Morgan fingerprint density at radius 3 is 2.82 bits per heavy atom. The van der Waals surface area contributed by atoms with Gasteiger partial charge in [-0.3, -0.25) is 0 Å². The lowest BCUT2D eigenvalue weighted by molar-refractivity contribution is 0.0939. The van der Waals surface area contributed by atoms with E-state index in [-0.39, 0.29) is 5.82 Å². The van der Waals surface area contributed by atoms with E-state index in [2.05, 4.69) is 15.0 Å². The topological polar surface area (TPSA) is 62.4 Å². The molecule has 3 rings (SSSR count). The molecule has 1 aromatic heterocycles. The summed E-state index contributed by atoms with van der Waals surface area (Å²) in [7, 11) is 0. The van der Waals surface area contributed by atoms with Gasteiger partial charge in [0.05, 0.1) is 6.10 Å². The Bertz CT molecular complexity index is 623. The van der Waals surface area contributed by atoms with Crippen LogP contribution in [0.4, 0.5) is 4.39 Å². The van der Waals surface area contributed by atoms with E-state index < -0.39 is 6.10 Å². The summed E-state index contributed by atoms with van der Waals surface area (Å²) in [6, 6.07) is 6.15. The zero-order valence-electron chi connectivity index (χ0n) is 12.6. The van der Waals surface area contributed by atoms with Crippen molar-refractivity contribution in [3.8, 4) is 0 Å². The number of likely N-dealkylation sites (tertiary alicyclic amines) is 1. The van der Waals surface area contributed by atoms with E-state index in [0.717, 1.165) is 25.9 Å². The summed E-state index contributed by atoms with van der Waals surface area (Å²) in [5.74, 6) is 1.35. The second-order valence-electron chi connectivity index (χ2n) is 5.83. The van der Waals surface area contributed by atoms with Crippen molar-refractivity contribution in [3.63, 3.8) is 0 Å². The lowest BCUT2D eigenvalue weighted by atomic mass is 9.96. The lowest BCUT2D eigenvalue weighted by Gasteiger charge is -2.31. The molecule has 1 N–H and O–H groups in total. The normalized spacial score (nSPS) is 18.5. The van der Waals surface area contributed by atoms with Gasteiger partial charge in [-0.05, 0) is 50.6 Å². The number of aromatic nitrogens is 2. The molecule has 1 aromatic carbocycles. The number of β-amino-alcohol motifs (C(OH)–C–C–N with tert-alkyl or cyclic N) is 1. The zero-order chi connectivity index (χ0) is 15.5. The smallest absolute Gasteiger partial charge is 0.229 e. The molecule has 0 bridgehead atoms. The first kappa shape index (κ1) is 15.1. The van der Waals surface area contributed by atoms with Gasteiger partial charge >= 0.3 is 0 Å². The molecule has 118 valence electrons. The van der Waals surface area contributed by atoms with E-state index in [1.165, 1.54) is 12.1 Å². The first-order valence-corrected chi connectivity index (χ1v) is 7.58. The minimum Gasteiger partial charge on any atom is -0.387 e. The fourth-order valence-corrected chi connectivity index (χ4v) is 2.91. The Kier molecular flexibility index (Phi) is 4.49. The fraction of sp³-hybridized carbons (Fsp3) is 0.500. The summed E-state index contributed by atoms with van der Waals surface area (Å²) >= 11 is 0. The van der Waals surface area contributed by atoms with Crippen molar-refractivity contribution in [2.75, 3.05) is 19.6 Å². The van der Waals surface area contributed by atoms with Gasteiger partial charge in [0, 0.05) is 12.5 Å². The van der Waals surface area contributed by atoms with Crippen LogP contribution in [0.1, 0.15) is 42.1 Å². The maximum atomic E-state index is 13.2. The number of nitrogens with zero attached hydrogens (tertiary/aromatic N) is 3. The molecule has 0 saturated carbocycles. The number of rotatable bonds is 4. The van der Waals surface area contributed by atoms with Crippen molar-refractivity contribution < 1.29 is 14.0 Å². The number of aliphatic hydroxyl groups excluding tert-OH is 1. The molecule has 0 amide bonds. The molecule has 2 aromatic rings. The Morgan fingerprint density at radius 2 is 2.18 bits per heavy atom. The first-order chi connectivity index (χ1) is 10.6. The number of piperidine rings is 1. The fourth-order valence-electron chi connectivity index (χ4n) is 2.91. The number of halogens is 1. The highest BCUT2D eigenvalue weighted by atomic mass is 19.1. The third-order valence-electron chi connectivity index (χ3n) is 4.14. The van der Waals surface area contributed by atoms with E-state index in [0.29, 0.717) is 29.7 Å². The summed E-state index contributed by atoms with van der Waals surface area (Å²) in [5, 5.41) is 14.1. The Morgan fingerprint density at radius 1 is 1.41 bits per heavy atom. The Hall–Kier alpha value is -1.79. The molecule has 0 radical (unpaired) electrons. The van der Waals surface area contributed by atoms with Crippen molar-refractivity contribution in [1.82, 2.24) is 15.0 Å². The van der Waals surface area contributed by atoms with Crippen LogP contribution in [0.3, 0.4) is 0 Å². The lowest BCUT2D eigenvalue weighted by Crippen LogP contribution is -2.36. The third kappa shape index (κ3) is 3.51. The van der Waals surface area contributed by atoms with Crippen LogP contribution < -0.4 is 0 Å². The van der Waals surface area contributed by atoms with Crippen molar-refractivity contribution >= 4 is 0 Å². The third-order valence-corrected chi connectivity index (χ3v) is 4.14. The van der Waals surface area contributed by atoms with E-state index in [1.807, 2.05) is 6.92 Å². The highest BCUT2D eigenvalue weighted by molar-refractivity contribution is 5.19. The highest BCUT2D eigenvalue weighted by Gasteiger charge is 2.26. The summed E-state index contributed by atoms with van der Waals surface area (Å²) in [6.45, 7) is 4.05. The Labute approximate surface area is 128 Å². The molecule has 2 heterocycles. The number of aryl methyl sites for hydroxylation is 1. The van der Waals surface area contributed by atoms with Gasteiger partial charge in [-0.15, -0.1) is 0 Å². The molecule has 1 fully saturated rings. The number of benzene rings is 1. The van der Waals surface area contributed by atoms with Crippen LogP contribution in [0.15, 0.2) is 28.8 Å². The van der Waals surface area contributed by atoms with Crippen molar-refractivity contribution in [3.05, 3.63) is 47.4 Å². The van der Waals surface area contributed by atoms with Crippen LogP contribution in [0.5, 0.6) is 0 Å². The molecule has 1 aliphatic rings. The van der Waals surface area contributed by atoms with Gasteiger partial charge in [0.15, 0.2) is 5.82 Å². The van der Waals surface area contributed by atoms with E-state index in [1.54, 1.807) is 12.1 Å².